The molecular formula is C14H13NO. The maximum absolute atomic E-state index is 9.71. The van der Waals surface area contributed by atoms with Gasteiger partial charge in [-0.25, -0.2) is 0 Å². The zero-order chi connectivity index (χ0) is 11.2. The largest absolute Gasteiger partial charge is 0.495 e. The molecule has 2 aromatic carbocycles. The highest BCUT2D eigenvalue weighted by Crippen LogP contribution is 2.10. The van der Waals surface area contributed by atoms with Crippen LogP contribution >= 0.6 is 0 Å². The lowest BCUT2D eigenvalue weighted by Crippen LogP contribution is -1.97. The van der Waals surface area contributed by atoms with Crippen molar-refractivity contribution in [1.82, 2.24) is 0 Å². The van der Waals surface area contributed by atoms with Crippen molar-refractivity contribution in [1.29, 1.82) is 0 Å². The molecular weight excluding hydrogens is 198 g/mol. The third kappa shape index (κ3) is 2.89. The second kappa shape index (κ2) is 5.03. The Bertz CT molecular complexity index is 463. The molecule has 0 aliphatic rings. The Kier molecular flexibility index (Phi) is 3.24. The van der Waals surface area contributed by atoms with E-state index in [0.717, 1.165) is 11.3 Å². The first-order valence-corrected chi connectivity index (χ1v) is 5.12. The second-order valence-corrected chi connectivity index (χ2v) is 3.43. The Labute approximate surface area is 94.9 Å². The number of hydrogen-bond acceptors (Lipinski definition) is 2. The van der Waals surface area contributed by atoms with E-state index in [1.807, 2.05) is 60.7 Å². The van der Waals surface area contributed by atoms with Gasteiger partial charge >= 0.3 is 0 Å². The van der Waals surface area contributed by atoms with Gasteiger partial charge in [0.2, 0.25) is 0 Å². The van der Waals surface area contributed by atoms with E-state index in [2.05, 4.69) is 5.32 Å². The molecule has 2 rings (SSSR count). The monoisotopic (exact) mass is 211 g/mol. The number of benzene rings is 2. The number of para-hydroxylation sites is 1. The number of aliphatic hydroxyl groups excluding tert-OH is 1. The molecule has 80 valence electrons. The summed E-state index contributed by atoms with van der Waals surface area (Å²) in [6.07, 6.45) is 1.69. The number of anilines is 1. The molecule has 2 nitrogen and oxygen atoms in total. The zero-order valence-electron chi connectivity index (χ0n) is 8.80. The van der Waals surface area contributed by atoms with Crippen LogP contribution in [0.15, 0.2) is 66.5 Å². The fourth-order valence-electron chi connectivity index (χ4n) is 1.41. The van der Waals surface area contributed by atoms with Crippen molar-refractivity contribution in [2.75, 3.05) is 5.32 Å². The van der Waals surface area contributed by atoms with Crippen LogP contribution in [0, 0.1) is 0 Å². The van der Waals surface area contributed by atoms with Gasteiger partial charge in [0.05, 0.1) is 0 Å². The summed E-state index contributed by atoms with van der Waals surface area (Å²) in [5.74, 6) is 0.136. The van der Waals surface area contributed by atoms with Gasteiger partial charge in [0.1, 0.15) is 0 Å². The SMILES string of the molecule is O/C(=C\c1ccccc1)Nc1ccccc1. The molecule has 0 spiro atoms. The van der Waals surface area contributed by atoms with Crippen LogP contribution < -0.4 is 5.32 Å². The van der Waals surface area contributed by atoms with Crippen molar-refractivity contribution in [3.05, 3.63) is 72.1 Å². The summed E-state index contributed by atoms with van der Waals surface area (Å²) in [6.45, 7) is 0. The third-order valence-corrected chi connectivity index (χ3v) is 2.15. The summed E-state index contributed by atoms with van der Waals surface area (Å²) < 4.78 is 0. The van der Waals surface area contributed by atoms with E-state index in [1.165, 1.54) is 0 Å². The van der Waals surface area contributed by atoms with E-state index in [1.54, 1.807) is 6.08 Å². The Hall–Kier alpha value is -2.22. The summed E-state index contributed by atoms with van der Waals surface area (Å²) in [4.78, 5) is 0. The van der Waals surface area contributed by atoms with Crippen LogP contribution in [0.1, 0.15) is 5.56 Å². The highest BCUT2D eigenvalue weighted by Gasteiger charge is 1.94. The van der Waals surface area contributed by atoms with Crippen molar-refractivity contribution in [2.24, 2.45) is 0 Å². The minimum Gasteiger partial charge on any atom is -0.495 e. The molecule has 0 radical (unpaired) electrons. The minimum absolute atomic E-state index is 0.136. The van der Waals surface area contributed by atoms with E-state index in [-0.39, 0.29) is 5.88 Å². The number of hydrogen-bond donors (Lipinski definition) is 2. The first-order chi connectivity index (χ1) is 7.84. The lowest BCUT2D eigenvalue weighted by atomic mass is 10.2. The quantitative estimate of drug-likeness (QED) is 0.759. The summed E-state index contributed by atoms with van der Waals surface area (Å²) in [7, 11) is 0. The van der Waals surface area contributed by atoms with Gasteiger partial charge < -0.3 is 10.4 Å². The average Bonchev–Trinajstić information content (AvgIpc) is 2.31. The predicted molar refractivity (Wildman–Crippen MR) is 67.1 cm³/mol. The summed E-state index contributed by atoms with van der Waals surface area (Å²) in [5, 5.41) is 12.6. The van der Waals surface area contributed by atoms with E-state index >= 15 is 0 Å². The van der Waals surface area contributed by atoms with Crippen LogP contribution in [0.2, 0.25) is 0 Å². The smallest absolute Gasteiger partial charge is 0.189 e. The van der Waals surface area contributed by atoms with Gasteiger partial charge in [-0.1, -0.05) is 48.5 Å². The van der Waals surface area contributed by atoms with Crippen molar-refractivity contribution in [3.63, 3.8) is 0 Å². The Balaban J connectivity index is 2.09. The minimum atomic E-state index is 0.136. The van der Waals surface area contributed by atoms with Gasteiger partial charge in [0, 0.05) is 11.8 Å². The van der Waals surface area contributed by atoms with Crippen LogP contribution in [-0.4, -0.2) is 5.11 Å². The zero-order valence-corrected chi connectivity index (χ0v) is 8.80. The number of nitrogens with one attached hydrogen (secondary N) is 1. The van der Waals surface area contributed by atoms with Crippen molar-refractivity contribution in [3.8, 4) is 0 Å². The van der Waals surface area contributed by atoms with Crippen molar-refractivity contribution >= 4 is 11.8 Å². The molecule has 0 aromatic heterocycles. The molecule has 0 saturated heterocycles. The topological polar surface area (TPSA) is 32.3 Å². The van der Waals surface area contributed by atoms with Gasteiger partial charge in [-0.05, 0) is 17.7 Å². The molecule has 0 heterocycles. The average molecular weight is 211 g/mol. The molecule has 2 heteroatoms. The standard InChI is InChI=1S/C14H13NO/c16-14(11-12-7-3-1-4-8-12)15-13-9-5-2-6-10-13/h1-11,15-16H/b14-11-. The molecule has 0 atom stereocenters. The lowest BCUT2D eigenvalue weighted by Gasteiger charge is -2.04. The highest BCUT2D eigenvalue weighted by atomic mass is 16.3. The van der Waals surface area contributed by atoms with Gasteiger partial charge in [0.25, 0.3) is 0 Å². The lowest BCUT2D eigenvalue weighted by molar-refractivity contribution is 0.425. The Morgan fingerprint density at radius 2 is 1.44 bits per heavy atom. The van der Waals surface area contributed by atoms with Gasteiger partial charge in [0.15, 0.2) is 5.88 Å². The fraction of sp³-hybridized carbons (Fsp3) is 0. The molecule has 0 saturated carbocycles. The fourth-order valence-corrected chi connectivity index (χ4v) is 1.41. The van der Waals surface area contributed by atoms with Crippen molar-refractivity contribution in [2.45, 2.75) is 0 Å². The molecule has 0 bridgehead atoms. The van der Waals surface area contributed by atoms with Crippen LogP contribution in [0.4, 0.5) is 5.69 Å². The molecule has 0 aliphatic heterocycles. The van der Waals surface area contributed by atoms with E-state index in [0.29, 0.717) is 0 Å². The maximum atomic E-state index is 9.71. The molecule has 0 fully saturated rings. The summed E-state index contributed by atoms with van der Waals surface area (Å²) in [6, 6.07) is 19.2. The third-order valence-electron chi connectivity index (χ3n) is 2.15. The van der Waals surface area contributed by atoms with E-state index in [4.69, 9.17) is 0 Å². The first-order valence-electron chi connectivity index (χ1n) is 5.12. The normalized spacial score (nSPS) is 11.1. The molecule has 2 N–H and O–H groups in total. The molecule has 2 aromatic rings. The molecule has 0 amide bonds. The number of aliphatic hydroxyl groups is 1. The van der Waals surface area contributed by atoms with Gasteiger partial charge in [-0.15, -0.1) is 0 Å². The summed E-state index contributed by atoms with van der Waals surface area (Å²) >= 11 is 0. The highest BCUT2D eigenvalue weighted by molar-refractivity contribution is 5.57. The number of rotatable bonds is 3. The van der Waals surface area contributed by atoms with E-state index in [9.17, 15) is 5.11 Å². The summed E-state index contributed by atoms with van der Waals surface area (Å²) in [5.41, 5.74) is 1.83. The Morgan fingerprint density at radius 1 is 0.875 bits per heavy atom. The Morgan fingerprint density at radius 3 is 2.06 bits per heavy atom. The first kappa shape index (κ1) is 10.3. The molecule has 16 heavy (non-hydrogen) atoms. The predicted octanol–water partition coefficient (Wildman–Crippen LogP) is 3.66. The van der Waals surface area contributed by atoms with E-state index < -0.39 is 0 Å². The van der Waals surface area contributed by atoms with Gasteiger partial charge in [-0.3, -0.25) is 0 Å². The van der Waals surface area contributed by atoms with Crippen LogP contribution in [0.25, 0.3) is 6.08 Å². The van der Waals surface area contributed by atoms with Crippen LogP contribution in [-0.2, 0) is 0 Å². The van der Waals surface area contributed by atoms with Crippen molar-refractivity contribution < 1.29 is 5.11 Å². The maximum Gasteiger partial charge on any atom is 0.189 e. The van der Waals surface area contributed by atoms with Crippen LogP contribution in [0.3, 0.4) is 0 Å². The molecule has 0 unspecified atom stereocenters. The van der Waals surface area contributed by atoms with Crippen LogP contribution in [0.5, 0.6) is 0 Å². The molecule has 0 aliphatic carbocycles. The second-order valence-electron chi connectivity index (χ2n) is 3.43. The van der Waals surface area contributed by atoms with Gasteiger partial charge in [-0.2, -0.15) is 0 Å².